The van der Waals surface area contributed by atoms with E-state index in [2.05, 4.69) is 15.8 Å². The minimum Gasteiger partial charge on any atom is -0.469 e. The Labute approximate surface area is 130 Å². The maximum Gasteiger partial charge on any atom is 0.305 e. The summed E-state index contributed by atoms with van der Waals surface area (Å²) in [6, 6.07) is 2.15. The van der Waals surface area contributed by atoms with E-state index in [4.69, 9.17) is 14.7 Å². The zero-order valence-electron chi connectivity index (χ0n) is 12.9. The molecule has 0 aromatic carbocycles. The van der Waals surface area contributed by atoms with E-state index in [1.165, 1.54) is 7.11 Å². The van der Waals surface area contributed by atoms with Gasteiger partial charge in [0, 0.05) is 19.2 Å². The summed E-state index contributed by atoms with van der Waals surface area (Å²) < 4.78 is 15.9. The Morgan fingerprint density at radius 1 is 1.50 bits per heavy atom. The van der Waals surface area contributed by atoms with E-state index in [9.17, 15) is 4.79 Å². The summed E-state index contributed by atoms with van der Waals surface area (Å²) in [5.74, 6) is -0.252. The van der Waals surface area contributed by atoms with Gasteiger partial charge in [0.05, 0.1) is 13.7 Å². The van der Waals surface area contributed by atoms with Crippen LogP contribution in [0.1, 0.15) is 42.5 Å². The van der Waals surface area contributed by atoms with Crippen molar-refractivity contribution in [3.05, 3.63) is 23.0 Å². The van der Waals surface area contributed by atoms with Gasteiger partial charge in [0.25, 0.3) is 0 Å². The van der Waals surface area contributed by atoms with Gasteiger partial charge >= 0.3 is 5.97 Å². The third-order valence-corrected chi connectivity index (χ3v) is 3.81. The van der Waals surface area contributed by atoms with Crippen LogP contribution in [0.25, 0.3) is 0 Å². The standard InChI is InChI=1S/C16H22N2O4/c1-20-15(19)6-5-12-11-18-14(10-17)13(12)7-9-22-16-4-2-3-8-21-16/h11,16,18H,2-9H2,1H3/i10+1. The second-order valence-electron chi connectivity index (χ2n) is 5.27. The lowest BCUT2D eigenvalue weighted by Gasteiger charge is -2.22. The highest BCUT2D eigenvalue weighted by Gasteiger charge is 2.16. The van der Waals surface area contributed by atoms with Gasteiger partial charge in [0.15, 0.2) is 6.29 Å². The lowest BCUT2D eigenvalue weighted by atomic mass is 10.1. The van der Waals surface area contributed by atoms with Crippen LogP contribution in [0, 0.1) is 11.3 Å². The lowest BCUT2D eigenvalue weighted by Crippen LogP contribution is -2.23. The van der Waals surface area contributed by atoms with Crippen molar-refractivity contribution in [1.82, 2.24) is 4.98 Å². The number of esters is 1. The zero-order chi connectivity index (χ0) is 15.8. The van der Waals surface area contributed by atoms with Gasteiger partial charge in [-0.1, -0.05) is 0 Å². The molecule has 6 heteroatoms. The molecule has 1 aromatic rings. The normalized spacial score (nSPS) is 17.9. The average Bonchev–Trinajstić information content (AvgIpc) is 2.95. The SMILES string of the molecule is COC(=O)CCc1c[nH]c([13C]#N)c1CCOC1CCCCO1. The van der Waals surface area contributed by atoms with Gasteiger partial charge in [-0.3, -0.25) is 4.79 Å². The fourth-order valence-corrected chi connectivity index (χ4v) is 2.58. The van der Waals surface area contributed by atoms with Crippen molar-refractivity contribution in [1.29, 1.82) is 5.26 Å². The molecule has 1 atom stereocenters. The number of aromatic amines is 1. The second kappa shape index (κ2) is 8.57. The number of nitrogens with one attached hydrogen (secondary N) is 1. The van der Waals surface area contributed by atoms with Gasteiger partial charge in [-0.2, -0.15) is 5.26 Å². The summed E-state index contributed by atoms with van der Waals surface area (Å²) in [7, 11) is 1.37. The fraction of sp³-hybridized carbons (Fsp3) is 0.625. The molecule has 1 fully saturated rings. The number of nitrogens with zero attached hydrogens (tertiary/aromatic N) is 1. The predicted molar refractivity (Wildman–Crippen MR) is 79.1 cm³/mol. The molecule has 1 N–H and O–H groups in total. The fourth-order valence-electron chi connectivity index (χ4n) is 2.58. The number of methoxy groups -OCH3 is 1. The summed E-state index contributed by atoms with van der Waals surface area (Å²) in [5.41, 5.74) is 2.42. The molecule has 1 saturated heterocycles. The lowest BCUT2D eigenvalue weighted by molar-refractivity contribution is -0.161. The van der Waals surface area contributed by atoms with E-state index < -0.39 is 0 Å². The highest BCUT2D eigenvalue weighted by Crippen LogP contribution is 2.18. The van der Waals surface area contributed by atoms with Crippen LogP contribution in [-0.4, -0.2) is 37.6 Å². The maximum atomic E-state index is 11.3. The molecule has 0 bridgehead atoms. The zero-order valence-corrected chi connectivity index (χ0v) is 12.9. The van der Waals surface area contributed by atoms with Gasteiger partial charge in [-0.15, -0.1) is 0 Å². The number of nitriles is 1. The van der Waals surface area contributed by atoms with Crippen LogP contribution >= 0.6 is 0 Å². The van der Waals surface area contributed by atoms with Crippen molar-refractivity contribution in [2.75, 3.05) is 20.3 Å². The molecule has 0 radical (unpaired) electrons. The first-order valence-electron chi connectivity index (χ1n) is 7.64. The molecule has 0 amide bonds. The predicted octanol–water partition coefficient (Wildman–Crippen LogP) is 2.08. The van der Waals surface area contributed by atoms with Crippen LogP contribution in [0.2, 0.25) is 0 Å². The van der Waals surface area contributed by atoms with Crippen molar-refractivity contribution in [2.45, 2.75) is 44.8 Å². The topological polar surface area (TPSA) is 84.3 Å². The van der Waals surface area contributed by atoms with Crippen molar-refractivity contribution < 1.29 is 19.0 Å². The Morgan fingerprint density at radius 2 is 2.36 bits per heavy atom. The summed E-state index contributed by atoms with van der Waals surface area (Å²) in [6.07, 6.45) is 6.29. The van der Waals surface area contributed by atoms with Gasteiger partial charge in [-0.25, -0.2) is 0 Å². The molecule has 22 heavy (non-hydrogen) atoms. The maximum absolute atomic E-state index is 11.3. The van der Waals surface area contributed by atoms with Crippen LogP contribution < -0.4 is 0 Å². The van der Waals surface area contributed by atoms with Crippen molar-refractivity contribution in [2.24, 2.45) is 0 Å². The summed E-state index contributed by atoms with van der Waals surface area (Å²) in [4.78, 5) is 14.2. The quantitative estimate of drug-likeness (QED) is 0.616. The Kier molecular flexibility index (Phi) is 6.44. The summed E-state index contributed by atoms with van der Waals surface area (Å²) >= 11 is 0. The number of aryl methyl sites for hydroxylation is 1. The van der Waals surface area contributed by atoms with Crippen LogP contribution in [0.3, 0.4) is 0 Å². The summed E-state index contributed by atoms with van der Waals surface area (Å²) in [5, 5.41) is 9.17. The number of aromatic nitrogens is 1. The molecule has 0 spiro atoms. The smallest absolute Gasteiger partial charge is 0.305 e. The first kappa shape index (κ1) is 16.5. The highest BCUT2D eigenvalue weighted by atomic mass is 16.7. The number of carbonyl (C=O) groups excluding carboxylic acids is 1. The van der Waals surface area contributed by atoms with Crippen LogP contribution in [-0.2, 0) is 31.8 Å². The number of hydrogen-bond donors (Lipinski definition) is 1. The average molecular weight is 307 g/mol. The third-order valence-electron chi connectivity index (χ3n) is 3.81. The monoisotopic (exact) mass is 307 g/mol. The minimum atomic E-state index is -0.252. The van der Waals surface area contributed by atoms with E-state index in [0.717, 1.165) is 37.0 Å². The summed E-state index contributed by atoms with van der Waals surface area (Å²) in [6.45, 7) is 1.26. The molecule has 2 heterocycles. The van der Waals surface area contributed by atoms with E-state index >= 15 is 0 Å². The first-order valence-corrected chi connectivity index (χ1v) is 7.64. The van der Waals surface area contributed by atoms with E-state index in [1.807, 2.05) is 0 Å². The molecule has 2 rings (SSSR count). The molecule has 0 saturated carbocycles. The molecular formula is C16H22N2O4. The van der Waals surface area contributed by atoms with Gasteiger partial charge < -0.3 is 19.2 Å². The van der Waals surface area contributed by atoms with Gasteiger partial charge in [0.2, 0.25) is 0 Å². The Balaban J connectivity index is 1.88. The van der Waals surface area contributed by atoms with Crippen molar-refractivity contribution in [3.8, 4) is 6.07 Å². The number of hydrogen-bond acceptors (Lipinski definition) is 5. The van der Waals surface area contributed by atoms with Gasteiger partial charge in [-0.05, 0) is 43.2 Å². The minimum absolute atomic E-state index is 0.128. The number of carbonyl (C=O) groups is 1. The highest BCUT2D eigenvalue weighted by molar-refractivity contribution is 5.69. The molecule has 6 nitrogen and oxygen atoms in total. The molecule has 1 unspecified atom stereocenters. The Morgan fingerprint density at radius 3 is 3.05 bits per heavy atom. The van der Waals surface area contributed by atoms with Crippen LogP contribution in [0.15, 0.2) is 6.20 Å². The molecule has 1 aromatic heterocycles. The third kappa shape index (κ3) is 4.58. The molecule has 120 valence electrons. The molecule has 1 aliphatic heterocycles. The number of H-pyrrole nitrogens is 1. The second-order valence-corrected chi connectivity index (χ2v) is 5.27. The largest absolute Gasteiger partial charge is 0.469 e. The van der Waals surface area contributed by atoms with Crippen molar-refractivity contribution >= 4 is 5.97 Å². The Hall–Kier alpha value is -1.84. The van der Waals surface area contributed by atoms with E-state index in [0.29, 0.717) is 31.6 Å². The van der Waals surface area contributed by atoms with Crippen LogP contribution in [0.4, 0.5) is 0 Å². The van der Waals surface area contributed by atoms with Gasteiger partial charge in [0.1, 0.15) is 11.8 Å². The van der Waals surface area contributed by atoms with Crippen LogP contribution in [0.5, 0.6) is 0 Å². The number of rotatable bonds is 7. The molecule has 0 aliphatic carbocycles. The first-order chi connectivity index (χ1) is 10.7. The Bertz CT molecular complexity index is 527. The van der Waals surface area contributed by atoms with Crippen molar-refractivity contribution in [3.63, 3.8) is 0 Å². The molecule has 1 aliphatic rings. The number of ether oxygens (including phenoxy) is 3. The van der Waals surface area contributed by atoms with E-state index in [-0.39, 0.29) is 12.3 Å². The molecular weight excluding hydrogens is 285 g/mol. The van der Waals surface area contributed by atoms with E-state index in [1.54, 1.807) is 6.20 Å².